The summed E-state index contributed by atoms with van der Waals surface area (Å²) in [5, 5.41) is 0.385. The van der Waals surface area contributed by atoms with Crippen LogP contribution >= 0.6 is 11.6 Å². The van der Waals surface area contributed by atoms with Crippen molar-refractivity contribution < 1.29 is 4.79 Å². The maximum atomic E-state index is 12.2. The van der Waals surface area contributed by atoms with Crippen molar-refractivity contribution in [1.82, 2.24) is 9.55 Å². The summed E-state index contributed by atoms with van der Waals surface area (Å²) in [4.78, 5) is 30.3. The molecular formula is C21H18ClN3O2. The van der Waals surface area contributed by atoms with E-state index in [4.69, 9.17) is 11.6 Å². The van der Waals surface area contributed by atoms with Gasteiger partial charge in [0.15, 0.2) is 0 Å². The molecule has 0 aliphatic carbocycles. The molecule has 1 aliphatic heterocycles. The number of aryl methyl sites for hydroxylation is 1. The predicted molar refractivity (Wildman–Crippen MR) is 106 cm³/mol. The van der Waals surface area contributed by atoms with Crippen molar-refractivity contribution in [2.75, 3.05) is 11.9 Å². The third kappa shape index (κ3) is 3.26. The number of benzene rings is 1. The lowest BCUT2D eigenvalue weighted by atomic mass is 9.94. The molecule has 27 heavy (non-hydrogen) atoms. The molecule has 1 amide bonds. The summed E-state index contributed by atoms with van der Waals surface area (Å²) in [7, 11) is 1.81. The fraction of sp³-hybridized carbons (Fsp3) is 0.190. The molecule has 4 rings (SSSR count). The first-order valence-corrected chi connectivity index (χ1v) is 9.10. The Labute approximate surface area is 161 Å². The van der Waals surface area contributed by atoms with Crippen LogP contribution in [0.1, 0.15) is 17.5 Å². The van der Waals surface area contributed by atoms with Crippen molar-refractivity contribution in [3.63, 3.8) is 0 Å². The Kier molecular flexibility index (Phi) is 4.54. The van der Waals surface area contributed by atoms with E-state index in [9.17, 15) is 9.59 Å². The second-order valence-corrected chi connectivity index (χ2v) is 7.01. The van der Waals surface area contributed by atoms with Gasteiger partial charge in [-0.3, -0.25) is 19.1 Å². The number of aromatic nitrogens is 2. The molecule has 3 heterocycles. The molecular weight excluding hydrogens is 362 g/mol. The number of pyridine rings is 2. The number of carbonyl (C=O) groups excluding carboxylic acids is 1. The average molecular weight is 380 g/mol. The molecule has 5 nitrogen and oxygen atoms in total. The maximum Gasteiger partial charge on any atom is 0.251 e. The van der Waals surface area contributed by atoms with Crippen molar-refractivity contribution in [2.24, 2.45) is 0 Å². The zero-order valence-corrected chi connectivity index (χ0v) is 15.6. The summed E-state index contributed by atoms with van der Waals surface area (Å²) in [6.45, 7) is 0.336. The minimum atomic E-state index is -0.157. The molecule has 0 spiro atoms. The van der Waals surface area contributed by atoms with Crippen LogP contribution in [0.15, 0.2) is 59.7 Å². The molecule has 136 valence electrons. The number of para-hydroxylation sites is 1. The van der Waals surface area contributed by atoms with Gasteiger partial charge in [-0.05, 0) is 29.7 Å². The van der Waals surface area contributed by atoms with Gasteiger partial charge in [-0.25, -0.2) is 0 Å². The average Bonchev–Trinajstić information content (AvgIpc) is 2.68. The molecule has 0 saturated heterocycles. The molecule has 1 aliphatic rings. The molecule has 2 aromatic heterocycles. The summed E-state index contributed by atoms with van der Waals surface area (Å²) in [5.74, 6) is 0.113. The molecule has 0 atom stereocenters. The number of halogens is 1. The van der Waals surface area contributed by atoms with E-state index in [0.29, 0.717) is 18.1 Å². The van der Waals surface area contributed by atoms with E-state index in [0.717, 1.165) is 34.4 Å². The third-order valence-corrected chi connectivity index (χ3v) is 5.21. The number of hydrogen-bond acceptors (Lipinski definition) is 3. The van der Waals surface area contributed by atoms with Crippen molar-refractivity contribution in [3.8, 4) is 11.1 Å². The van der Waals surface area contributed by atoms with Crippen LogP contribution in [0, 0.1) is 0 Å². The SMILES string of the molecule is CN1C(=O)CCc2cccc(-c3cncc(Cn4c(Cl)cccc4=O)c3)c21. The normalized spacial score (nSPS) is 13.6. The Bertz CT molecular complexity index is 1090. The first-order chi connectivity index (χ1) is 13.0. The first-order valence-electron chi connectivity index (χ1n) is 8.72. The highest BCUT2D eigenvalue weighted by Crippen LogP contribution is 2.37. The number of rotatable bonds is 3. The third-order valence-electron chi connectivity index (χ3n) is 4.88. The van der Waals surface area contributed by atoms with Crippen molar-refractivity contribution >= 4 is 23.2 Å². The summed E-state index contributed by atoms with van der Waals surface area (Å²) >= 11 is 6.16. The lowest BCUT2D eigenvalue weighted by molar-refractivity contribution is -0.118. The highest BCUT2D eigenvalue weighted by atomic mass is 35.5. The molecule has 0 unspecified atom stereocenters. The number of hydrogen-bond donors (Lipinski definition) is 0. The monoisotopic (exact) mass is 379 g/mol. The standard InChI is InChI=1S/C21H18ClN3O2/c1-24-19(26)9-8-15-4-2-5-17(21(15)24)16-10-14(11-23-12-16)13-25-18(22)6-3-7-20(25)27/h2-7,10-12H,8-9,13H2,1H3. The molecule has 3 aromatic rings. The molecule has 0 N–H and O–H groups in total. The Hall–Kier alpha value is -2.92. The van der Waals surface area contributed by atoms with Gasteiger partial charge in [0.05, 0.1) is 12.2 Å². The highest BCUT2D eigenvalue weighted by Gasteiger charge is 2.24. The van der Waals surface area contributed by atoms with Crippen LogP contribution in [0.2, 0.25) is 5.15 Å². The van der Waals surface area contributed by atoms with Crippen molar-refractivity contribution in [2.45, 2.75) is 19.4 Å². The Morgan fingerprint density at radius 3 is 2.70 bits per heavy atom. The van der Waals surface area contributed by atoms with Crippen LogP contribution in [0.5, 0.6) is 0 Å². The van der Waals surface area contributed by atoms with Gasteiger partial charge in [-0.2, -0.15) is 0 Å². The van der Waals surface area contributed by atoms with E-state index >= 15 is 0 Å². The molecule has 0 bridgehead atoms. The van der Waals surface area contributed by atoms with Crippen LogP contribution < -0.4 is 10.5 Å². The van der Waals surface area contributed by atoms with E-state index in [-0.39, 0.29) is 11.5 Å². The van der Waals surface area contributed by atoms with E-state index in [1.165, 1.54) is 10.6 Å². The quantitative estimate of drug-likeness (QED) is 0.654. The Morgan fingerprint density at radius 1 is 1.07 bits per heavy atom. The van der Waals surface area contributed by atoms with E-state index in [1.807, 2.05) is 25.2 Å². The molecule has 0 fully saturated rings. The maximum absolute atomic E-state index is 12.2. The van der Waals surface area contributed by atoms with Crippen LogP contribution in [-0.2, 0) is 17.8 Å². The molecule has 0 saturated carbocycles. The Balaban J connectivity index is 1.76. The van der Waals surface area contributed by atoms with Crippen LogP contribution in [0.3, 0.4) is 0 Å². The van der Waals surface area contributed by atoms with Gasteiger partial charge in [-0.1, -0.05) is 35.9 Å². The van der Waals surface area contributed by atoms with Crippen molar-refractivity contribution in [3.05, 3.63) is 81.5 Å². The zero-order chi connectivity index (χ0) is 19.0. The molecule has 0 radical (unpaired) electrons. The lowest BCUT2D eigenvalue weighted by Crippen LogP contribution is -2.31. The summed E-state index contributed by atoms with van der Waals surface area (Å²) in [6.07, 6.45) is 4.78. The van der Waals surface area contributed by atoms with Gasteiger partial charge in [0.1, 0.15) is 5.15 Å². The van der Waals surface area contributed by atoms with E-state index in [2.05, 4.69) is 11.1 Å². The van der Waals surface area contributed by atoms with E-state index in [1.54, 1.807) is 29.4 Å². The van der Waals surface area contributed by atoms with Gasteiger partial charge in [-0.15, -0.1) is 0 Å². The number of nitrogens with zero attached hydrogens (tertiary/aromatic N) is 3. The smallest absolute Gasteiger partial charge is 0.251 e. The first kappa shape index (κ1) is 17.5. The fourth-order valence-electron chi connectivity index (χ4n) is 3.51. The van der Waals surface area contributed by atoms with Crippen LogP contribution in [-0.4, -0.2) is 22.5 Å². The largest absolute Gasteiger partial charge is 0.315 e. The summed E-state index contributed by atoms with van der Waals surface area (Å²) < 4.78 is 1.50. The predicted octanol–water partition coefficient (Wildman–Crippen LogP) is 3.52. The van der Waals surface area contributed by atoms with Gasteiger partial charge in [0.25, 0.3) is 5.56 Å². The number of carbonyl (C=O) groups is 1. The number of anilines is 1. The summed E-state index contributed by atoms with van der Waals surface area (Å²) in [6, 6.07) is 12.9. The molecule has 6 heteroatoms. The highest BCUT2D eigenvalue weighted by molar-refractivity contribution is 6.29. The molecule has 1 aromatic carbocycles. The van der Waals surface area contributed by atoms with Gasteiger partial charge in [0.2, 0.25) is 5.91 Å². The van der Waals surface area contributed by atoms with Crippen molar-refractivity contribution in [1.29, 1.82) is 0 Å². The fourth-order valence-corrected chi connectivity index (χ4v) is 3.72. The second-order valence-electron chi connectivity index (χ2n) is 6.62. The minimum Gasteiger partial charge on any atom is -0.315 e. The van der Waals surface area contributed by atoms with Gasteiger partial charge in [0, 0.05) is 43.1 Å². The Morgan fingerprint density at radius 2 is 1.89 bits per heavy atom. The number of amides is 1. The topological polar surface area (TPSA) is 55.2 Å². The van der Waals surface area contributed by atoms with Crippen LogP contribution in [0.4, 0.5) is 5.69 Å². The second kappa shape index (κ2) is 7.00. The zero-order valence-electron chi connectivity index (χ0n) is 14.9. The van der Waals surface area contributed by atoms with Gasteiger partial charge >= 0.3 is 0 Å². The van der Waals surface area contributed by atoms with Gasteiger partial charge < -0.3 is 4.90 Å². The lowest BCUT2D eigenvalue weighted by Gasteiger charge is -2.28. The summed E-state index contributed by atoms with van der Waals surface area (Å²) in [5.41, 5.74) is 4.67. The number of fused-ring (bicyclic) bond motifs is 1. The van der Waals surface area contributed by atoms with E-state index < -0.39 is 0 Å². The minimum absolute atomic E-state index is 0.113. The van der Waals surface area contributed by atoms with Crippen LogP contribution in [0.25, 0.3) is 11.1 Å².